The summed E-state index contributed by atoms with van der Waals surface area (Å²) in [5.74, 6) is -0.730. The maximum Gasteiger partial charge on any atom is 0.343 e. The molecule has 0 saturated heterocycles. The van der Waals surface area contributed by atoms with Crippen molar-refractivity contribution in [3.05, 3.63) is 87.7 Å². The van der Waals surface area contributed by atoms with Crippen molar-refractivity contribution in [3.63, 3.8) is 0 Å². The molecule has 0 spiro atoms. The fraction of sp³-hybridized carbons (Fsp3) is 0.143. The smallest absolute Gasteiger partial charge is 0.343 e. The molecule has 0 unspecified atom stereocenters. The van der Waals surface area contributed by atoms with Crippen LogP contribution in [0.2, 0.25) is 0 Å². The van der Waals surface area contributed by atoms with Gasteiger partial charge in [0.05, 0.1) is 16.2 Å². The number of carbonyl (C=O) groups is 2. The van der Waals surface area contributed by atoms with E-state index in [0.717, 1.165) is 22.6 Å². The predicted octanol–water partition coefficient (Wildman–Crippen LogP) is 2.86. The van der Waals surface area contributed by atoms with Crippen LogP contribution in [0.4, 0.5) is 5.69 Å². The van der Waals surface area contributed by atoms with E-state index in [2.05, 4.69) is 15.6 Å². The van der Waals surface area contributed by atoms with Crippen LogP contribution in [0, 0.1) is 17.0 Å². The van der Waals surface area contributed by atoms with E-state index in [1.807, 2.05) is 13.0 Å². The third-order valence-electron chi connectivity index (χ3n) is 4.22. The molecule has 0 aliphatic carbocycles. The highest BCUT2D eigenvalue weighted by molar-refractivity contribution is 6.02. The molecule has 10 nitrogen and oxygen atoms in total. The highest BCUT2D eigenvalue weighted by Gasteiger charge is 2.14. The van der Waals surface area contributed by atoms with E-state index in [1.54, 1.807) is 49.4 Å². The summed E-state index contributed by atoms with van der Waals surface area (Å²) in [4.78, 5) is 34.6. The van der Waals surface area contributed by atoms with Crippen LogP contribution in [-0.4, -0.2) is 32.3 Å². The second kappa shape index (κ2) is 9.44. The average molecular weight is 421 g/mol. The SMILES string of the molecule is C/C(=N\NC(=O)Cn1cc([N+](=O)[O-])cn1)c1ccccc1OC(=O)c1cccc(C)c1. The number of aryl methyl sites for hydroxylation is 1. The summed E-state index contributed by atoms with van der Waals surface area (Å²) in [6.45, 7) is 3.29. The van der Waals surface area contributed by atoms with Gasteiger partial charge < -0.3 is 4.74 Å². The Morgan fingerprint density at radius 1 is 1.23 bits per heavy atom. The summed E-state index contributed by atoms with van der Waals surface area (Å²) in [7, 11) is 0. The van der Waals surface area contributed by atoms with Crippen molar-refractivity contribution in [3.8, 4) is 5.75 Å². The number of benzene rings is 2. The first kappa shape index (κ1) is 21.4. The van der Waals surface area contributed by atoms with E-state index in [0.29, 0.717) is 22.6 Å². The number of amides is 1. The molecule has 0 aliphatic rings. The third-order valence-corrected chi connectivity index (χ3v) is 4.22. The number of rotatable bonds is 7. The second-order valence-corrected chi connectivity index (χ2v) is 6.64. The van der Waals surface area contributed by atoms with Crippen LogP contribution in [0.15, 0.2) is 66.0 Å². The van der Waals surface area contributed by atoms with Crippen LogP contribution >= 0.6 is 0 Å². The van der Waals surface area contributed by atoms with E-state index in [-0.39, 0.29) is 12.2 Å². The molecule has 0 fully saturated rings. The van der Waals surface area contributed by atoms with Gasteiger partial charge in [0.1, 0.15) is 24.7 Å². The normalized spacial score (nSPS) is 11.1. The van der Waals surface area contributed by atoms with Gasteiger partial charge in [0.2, 0.25) is 0 Å². The Labute approximate surface area is 177 Å². The zero-order valence-corrected chi connectivity index (χ0v) is 16.8. The number of para-hydroxylation sites is 1. The largest absolute Gasteiger partial charge is 0.422 e. The van der Waals surface area contributed by atoms with E-state index >= 15 is 0 Å². The number of hydrogen-bond acceptors (Lipinski definition) is 7. The van der Waals surface area contributed by atoms with Gasteiger partial charge in [-0.05, 0) is 38.1 Å². The number of nitro groups is 1. The van der Waals surface area contributed by atoms with Crippen LogP contribution in [0.1, 0.15) is 28.4 Å². The molecule has 3 rings (SSSR count). The fourth-order valence-electron chi connectivity index (χ4n) is 2.71. The van der Waals surface area contributed by atoms with Gasteiger partial charge in [0.25, 0.3) is 5.91 Å². The molecule has 0 atom stereocenters. The number of nitrogens with zero attached hydrogens (tertiary/aromatic N) is 4. The van der Waals surface area contributed by atoms with Crippen molar-refractivity contribution < 1.29 is 19.2 Å². The Morgan fingerprint density at radius 2 is 2.00 bits per heavy atom. The first-order chi connectivity index (χ1) is 14.8. The van der Waals surface area contributed by atoms with Crippen molar-refractivity contribution in [2.45, 2.75) is 20.4 Å². The Balaban J connectivity index is 1.69. The molecule has 1 amide bonds. The van der Waals surface area contributed by atoms with Crippen molar-refractivity contribution >= 4 is 23.3 Å². The van der Waals surface area contributed by atoms with Crippen LogP contribution in [0.5, 0.6) is 5.75 Å². The number of hydrogen-bond donors (Lipinski definition) is 1. The summed E-state index contributed by atoms with van der Waals surface area (Å²) in [5, 5.41) is 18.5. The minimum absolute atomic E-state index is 0.211. The zero-order valence-electron chi connectivity index (χ0n) is 16.8. The van der Waals surface area contributed by atoms with Gasteiger partial charge in [-0.3, -0.25) is 19.6 Å². The molecule has 3 aromatic rings. The first-order valence-corrected chi connectivity index (χ1v) is 9.21. The van der Waals surface area contributed by atoms with Gasteiger partial charge in [0.15, 0.2) is 0 Å². The Hall–Kier alpha value is -4.34. The molecular formula is C21H19N5O5. The lowest BCUT2D eigenvalue weighted by Gasteiger charge is -2.10. The number of aromatic nitrogens is 2. The summed E-state index contributed by atoms with van der Waals surface area (Å²) in [6.07, 6.45) is 2.21. The third kappa shape index (κ3) is 5.60. The summed E-state index contributed by atoms with van der Waals surface area (Å²) in [6, 6.07) is 13.9. The van der Waals surface area contributed by atoms with Crippen molar-refractivity contribution in [1.29, 1.82) is 0 Å². The maximum atomic E-state index is 12.5. The Kier molecular flexibility index (Phi) is 6.51. The van der Waals surface area contributed by atoms with E-state index in [4.69, 9.17) is 4.74 Å². The number of nitrogens with one attached hydrogen (secondary N) is 1. The molecular weight excluding hydrogens is 402 g/mol. The predicted molar refractivity (Wildman–Crippen MR) is 112 cm³/mol. The quantitative estimate of drug-likeness (QED) is 0.205. The highest BCUT2D eigenvalue weighted by atomic mass is 16.6. The van der Waals surface area contributed by atoms with Gasteiger partial charge >= 0.3 is 11.7 Å². The maximum absolute atomic E-state index is 12.5. The van der Waals surface area contributed by atoms with Gasteiger partial charge in [-0.1, -0.05) is 29.8 Å². The summed E-state index contributed by atoms with van der Waals surface area (Å²) < 4.78 is 6.66. The molecule has 0 radical (unpaired) electrons. The lowest BCUT2D eigenvalue weighted by molar-refractivity contribution is -0.385. The molecule has 1 aromatic heterocycles. The molecule has 0 saturated carbocycles. The lowest BCUT2D eigenvalue weighted by atomic mass is 10.1. The summed E-state index contributed by atoms with van der Waals surface area (Å²) in [5.41, 5.74) is 4.45. The number of hydrazone groups is 1. The molecule has 0 bridgehead atoms. The van der Waals surface area contributed by atoms with E-state index in [1.165, 1.54) is 0 Å². The van der Waals surface area contributed by atoms with Gasteiger partial charge in [-0.2, -0.15) is 10.2 Å². The van der Waals surface area contributed by atoms with Gasteiger partial charge in [0, 0.05) is 5.56 Å². The van der Waals surface area contributed by atoms with E-state index < -0.39 is 16.8 Å². The Bertz CT molecular complexity index is 1170. The number of esters is 1. The van der Waals surface area contributed by atoms with Crippen LogP contribution < -0.4 is 10.2 Å². The van der Waals surface area contributed by atoms with Crippen LogP contribution in [0.3, 0.4) is 0 Å². The first-order valence-electron chi connectivity index (χ1n) is 9.21. The van der Waals surface area contributed by atoms with Crippen LogP contribution in [-0.2, 0) is 11.3 Å². The summed E-state index contributed by atoms with van der Waals surface area (Å²) >= 11 is 0. The molecule has 1 N–H and O–H groups in total. The number of ether oxygens (including phenoxy) is 1. The zero-order chi connectivity index (χ0) is 22.4. The monoisotopic (exact) mass is 421 g/mol. The molecule has 0 aliphatic heterocycles. The lowest BCUT2D eigenvalue weighted by Crippen LogP contribution is -2.24. The molecule has 10 heteroatoms. The van der Waals surface area contributed by atoms with Crippen LogP contribution in [0.25, 0.3) is 0 Å². The van der Waals surface area contributed by atoms with E-state index in [9.17, 15) is 19.7 Å². The minimum atomic E-state index is -0.599. The molecule has 158 valence electrons. The minimum Gasteiger partial charge on any atom is -0.422 e. The topological polar surface area (TPSA) is 129 Å². The van der Waals surface area contributed by atoms with Gasteiger partial charge in [-0.15, -0.1) is 0 Å². The average Bonchev–Trinajstić information content (AvgIpc) is 3.21. The highest BCUT2D eigenvalue weighted by Crippen LogP contribution is 2.20. The molecule has 2 aromatic carbocycles. The van der Waals surface area contributed by atoms with Gasteiger partial charge in [-0.25, -0.2) is 10.2 Å². The van der Waals surface area contributed by atoms with Crippen molar-refractivity contribution in [2.24, 2.45) is 5.10 Å². The van der Waals surface area contributed by atoms with Crippen molar-refractivity contribution in [2.75, 3.05) is 0 Å². The fourth-order valence-corrected chi connectivity index (χ4v) is 2.71. The molecule has 1 heterocycles. The number of carbonyl (C=O) groups excluding carboxylic acids is 2. The van der Waals surface area contributed by atoms with Crippen molar-refractivity contribution in [1.82, 2.24) is 15.2 Å². The Morgan fingerprint density at radius 3 is 2.71 bits per heavy atom. The molecule has 31 heavy (non-hydrogen) atoms. The second-order valence-electron chi connectivity index (χ2n) is 6.64. The standard InChI is InChI=1S/C21H19N5O5/c1-14-6-5-7-16(10-14)21(28)31-19-9-4-3-8-18(19)15(2)23-24-20(27)13-25-12-17(11-22-25)26(29)30/h3-12H,13H2,1-2H3,(H,24,27)/b23-15+.